The lowest BCUT2D eigenvalue weighted by Crippen LogP contribution is -2.28. The first-order valence-electron chi connectivity index (χ1n) is 12.1. The second kappa shape index (κ2) is 8.92. The first-order chi connectivity index (χ1) is 16.8. The molecule has 34 heavy (non-hydrogen) atoms. The highest BCUT2D eigenvalue weighted by Gasteiger charge is 2.29. The van der Waals surface area contributed by atoms with E-state index in [1.807, 2.05) is 12.1 Å². The first kappa shape index (κ1) is 20.9. The van der Waals surface area contributed by atoms with Crippen molar-refractivity contribution < 1.29 is 4.79 Å². The van der Waals surface area contributed by atoms with Gasteiger partial charge < -0.3 is 4.57 Å². The molecule has 0 radical (unpaired) electrons. The molecule has 1 aromatic heterocycles. The van der Waals surface area contributed by atoms with Crippen molar-refractivity contribution >= 4 is 22.5 Å². The van der Waals surface area contributed by atoms with Crippen molar-refractivity contribution in [3.63, 3.8) is 0 Å². The zero-order valence-electron chi connectivity index (χ0n) is 19.2. The van der Waals surface area contributed by atoms with Crippen molar-refractivity contribution in [2.24, 2.45) is 5.10 Å². The summed E-state index contributed by atoms with van der Waals surface area (Å²) < 4.78 is 2.45. The fourth-order valence-electron chi connectivity index (χ4n) is 5.45. The molecule has 0 saturated carbocycles. The lowest BCUT2D eigenvalue weighted by Gasteiger charge is -2.25. The average molecular weight is 449 g/mol. The number of carbonyl (C=O) groups is 1. The molecular formula is C29H28N4O. The Hall–Kier alpha value is -3.70. The van der Waals surface area contributed by atoms with E-state index in [1.54, 1.807) is 0 Å². The van der Waals surface area contributed by atoms with Gasteiger partial charge in [0.2, 0.25) is 0 Å². The van der Waals surface area contributed by atoms with Crippen molar-refractivity contribution in [1.29, 1.82) is 0 Å². The van der Waals surface area contributed by atoms with Crippen LogP contribution < -0.4 is 5.43 Å². The summed E-state index contributed by atoms with van der Waals surface area (Å²) in [6.07, 6.45) is 2.99. The minimum absolute atomic E-state index is 0.109. The maximum Gasteiger partial charge on any atom is 0.272 e. The lowest BCUT2D eigenvalue weighted by molar-refractivity contribution is 0.0957. The van der Waals surface area contributed by atoms with Crippen LogP contribution in [0.25, 0.3) is 10.9 Å². The number of amides is 1. The second-order valence-electron chi connectivity index (χ2n) is 9.21. The molecule has 0 fully saturated rings. The minimum atomic E-state index is -0.109. The van der Waals surface area contributed by atoms with Gasteiger partial charge in [0.25, 0.3) is 5.91 Å². The zero-order chi connectivity index (χ0) is 22.9. The number of nitrogens with zero attached hydrogens (tertiary/aromatic N) is 3. The second-order valence-corrected chi connectivity index (χ2v) is 9.21. The van der Waals surface area contributed by atoms with E-state index >= 15 is 0 Å². The molecule has 4 aromatic rings. The number of benzene rings is 3. The molecule has 2 aliphatic rings. The fraction of sp³-hybridized carbons (Fsp3) is 0.241. The van der Waals surface area contributed by atoms with Crippen LogP contribution in [0.5, 0.6) is 0 Å². The largest absolute Gasteiger partial charge is 0.343 e. The van der Waals surface area contributed by atoms with E-state index in [4.69, 9.17) is 0 Å². The van der Waals surface area contributed by atoms with Crippen molar-refractivity contribution in [1.82, 2.24) is 14.9 Å². The number of hydrogen-bond donors (Lipinski definition) is 1. The average Bonchev–Trinajstić information content (AvgIpc) is 3.12. The Morgan fingerprint density at radius 1 is 0.853 bits per heavy atom. The van der Waals surface area contributed by atoms with E-state index < -0.39 is 0 Å². The molecule has 170 valence electrons. The number of hydrogen-bond acceptors (Lipinski definition) is 3. The van der Waals surface area contributed by atoms with E-state index in [2.05, 4.69) is 86.7 Å². The smallest absolute Gasteiger partial charge is 0.272 e. The van der Waals surface area contributed by atoms with Crippen molar-refractivity contribution in [2.75, 3.05) is 6.54 Å². The number of carbonyl (C=O) groups excluding carboxylic acids is 1. The molecule has 0 unspecified atom stereocenters. The summed E-state index contributed by atoms with van der Waals surface area (Å²) in [4.78, 5) is 15.2. The van der Waals surface area contributed by atoms with Crippen LogP contribution in [0, 0.1) is 0 Å². The zero-order valence-corrected chi connectivity index (χ0v) is 19.2. The van der Waals surface area contributed by atoms with E-state index in [9.17, 15) is 4.79 Å². The van der Waals surface area contributed by atoms with Gasteiger partial charge in [-0.1, -0.05) is 66.7 Å². The Labute approximate surface area is 199 Å². The SMILES string of the molecule is O=C1NN=C2CCCc3c2c2c1cccc2n3CCN(Cc1ccccc1)Cc1ccccc1. The van der Waals surface area contributed by atoms with Crippen LogP contribution in [-0.4, -0.2) is 27.6 Å². The number of aromatic nitrogens is 1. The van der Waals surface area contributed by atoms with Crippen molar-refractivity contribution in [3.05, 3.63) is 107 Å². The van der Waals surface area contributed by atoms with Crippen LogP contribution in [0.4, 0.5) is 0 Å². The summed E-state index contributed by atoms with van der Waals surface area (Å²) in [5.74, 6) is -0.109. The Bertz CT molecular complexity index is 1330. The van der Waals surface area contributed by atoms with Crippen LogP contribution in [0.3, 0.4) is 0 Å². The molecule has 1 N–H and O–H groups in total. The molecule has 1 amide bonds. The van der Waals surface area contributed by atoms with Gasteiger partial charge in [0.15, 0.2) is 0 Å². The monoisotopic (exact) mass is 448 g/mol. The number of hydrazone groups is 1. The van der Waals surface area contributed by atoms with Gasteiger partial charge in [-0.05, 0) is 42.5 Å². The Morgan fingerprint density at radius 2 is 1.56 bits per heavy atom. The molecule has 3 aromatic carbocycles. The third-order valence-electron chi connectivity index (χ3n) is 6.99. The van der Waals surface area contributed by atoms with E-state index in [0.717, 1.165) is 67.6 Å². The molecule has 6 rings (SSSR count). The molecule has 1 aliphatic carbocycles. The molecular weight excluding hydrogens is 420 g/mol. The van der Waals surface area contributed by atoms with Crippen LogP contribution in [0.2, 0.25) is 0 Å². The third-order valence-corrected chi connectivity index (χ3v) is 6.99. The molecule has 2 heterocycles. The van der Waals surface area contributed by atoms with E-state index in [-0.39, 0.29) is 5.91 Å². The summed E-state index contributed by atoms with van der Waals surface area (Å²) in [7, 11) is 0. The molecule has 0 spiro atoms. The summed E-state index contributed by atoms with van der Waals surface area (Å²) >= 11 is 0. The first-order valence-corrected chi connectivity index (χ1v) is 12.1. The molecule has 0 bridgehead atoms. The van der Waals surface area contributed by atoms with Gasteiger partial charge in [0, 0.05) is 48.3 Å². The maximum atomic E-state index is 12.7. The van der Waals surface area contributed by atoms with Crippen LogP contribution >= 0.6 is 0 Å². The fourth-order valence-corrected chi connectivity index (χ4v) is 5.45. The van der Waals surface area contributed by atoms with Gasteiger partial charge in [-0.15, -0.1) is 0 Å². The van der Waals surface area contributed by atoms with Crippen molar-refractivity contribution in [3.8, 4) is 0 Å². The maximum absolute atomic E-state index is 12.7. The number of rotatable bonds is 7. The Morgan fingerprint density at radius 3 is 2.26 bits per heavy atom. The molecule has 1 aliphatic heterocycles. The third kappa shape index (κ3) is 3.82. The highest BCUT2D eigenvalue weighted by atomic mass is 16.2. The predicted octanol–water partition coefficient (Wildman–Crippen LogP) is 5.13. The summed E-state index contributed by atoms with van der Waals surface area (Å²) in [5, 5.41) is 5.56. The quantitative estimate of drug-likeness (QED) is 0.426. The molecule has 0 atom stereocenters. The predicted molar refractivity (Wildman–Crippen MR) is 136 cm³/mol. The van der Waals surface area contributed by atoms with Crippen molar-refractivity contribution in [2.45, 2.75) is 38.9 Å². The molecule has 5 heteroatoms. The topological polar surface area (TPSA) is 49.6 Å². The highest BCUT2D eigenvalue weighted by Crippen LogP contribution is 2.36. The van der Waals surface area contributed by atoms with Crippen LogP contribution in [-0.2, 0) is 26.1 Å². The van der Waals surface area contributed by atoms with E-state index in [1.165, 1.54) is 22.4 Å². The van der Waals surface area contributed by atoms with Gasteiger partial charge in [-0.3, -0.25) is 9.69 Å². The summed E-state index contributed by atoms with van der Waals surface area (Å²) in [6, 6.07) is 27.4. The Kier molecular flexibility index (Phi) is 5.47. The number of nitrogens with one attached hydrogen (secondary N) is 1. The van der Waals surface area contributed by atoms with Gasteiger partial charge in [-0.25, -0.2) is 5.43 Å². The standard InChI is InChI=1S/C29H28N4O/c34-29-23-13-7-15-25-27(23)28-24(30-31-29)14-8-16-26(28)33(25)18-17-32(19-21-9-3-1-4-10-21)20-22-11-5-2-6-12-22/h1-7,9-13,15H,8,14,16-20H2,(H,31,34). The molecule has 0 saturated heterocycles. The van der Waals surface area contributed by atoms with Gasteiger partial charge >= 0.3 is 0 Å². The minimum Gasteiger partial charge on any atom is -0.343 e. The summed E-state index contributed by atoms with van der Waals surface area (Å²) in [6.45, 7) is 3.60. The van der Waals surface area contributed by atoms with Gasteiger partial charge in [0.1, 0.15) is 0 Å². The highest BCUT2D eigenvalue weighted by molar-refractivity contribution is 6.20. The summed E-state index contributed by atoms with van der Waals surface area (Å²) in [5.41, 5.74) is 10.8. The van der Waals surface area contributed by atoms with E-state index in [0.29, 0.717) is 0 Å². The molecule has 5 nitrogen and oxygen atoms in total. The van der Waals surface area contributed by atoms with Crippen LogP contribution in [0.1, 0.15) is 45.6 Å². The van der Waals surface area contributed by atoms with Crippen LogP contribution in [0.15, 0.2) is 84.0 Å². The lowest BCUT2D eigenvalue weighted by atomic mass is 9.92. The normalized spacial score (nSPS) is 14.7. The van der Waals surface area contributed by atoms with Gasteiger partial charge in [-0.2, -0.15) is 5.10 Å². The Balaban J connectivity index is 1.36. The van der Waals surface area contributed by atoms with Gasteiger partial charge in [0.05, 0.1) is 11.3 Å².